The van der Waals surface area contributed by atoms with Gasteiger partial charge in [0.05, 0.1) is 39.9 Å². The van der Waals surface area contributed by atoms with Gasteiger partial charge in [0.25, 0.3) is 5.56 Å². The first-order valence-corrected chi connectivity index (χ1v) is 12.8. The molecule has 0 spiro atoms. The molecule has 0 amide bonds. The van der Waals surface area contributed by atoms with Gasteiger partial charge in [-0.2, -0.15) is 0 Å². The van der Waals surface area contributed by atoms with E-state index in [0.29, 0.717) is 43.0 Å². The molecule has 6 rings (SSSR count). The van der Waals surface area contributed by atoms with Crippen molar-refractivity contribution in [1.82, 2.24) is 19.9 Å². The fourth-order valence-corrected chi connectivity index (χ4v) is 5.24. The number of carboxylic acids is 1. The summed E-state index contributed by atoms with van der Waals surface area (Å²) in [6, 6.07) is 19.3. The molecule has 4 N–H and O–H groups in total. The predicted octanol–water partition coefficient (Wildman–Crippen LogP) is 4.94. The van der Waals surface area contributed by atoms with Crippen LogP contribution in [0.4, 0.5) is 11.4 Å². The number of H-pyrrole nitrogens is 2. The Balaban J connectivity index is 1.40. The number of carboxylic acid groups (broad SMARTS) is 1. The average Bonchev–Trinajstić information content (AvgIpc) is 3.36. The van der Waals surface area contributed by atoms with Crippen molar-refractivity contribution in [3.05, 3.63) is 82.9 Å². The van der Waals surface area contributed by atoms with Crippen molar-refractivity contribution >= 4 is 39.3 Å². The van der Waals surface area contributed by atoms with Crippen LogP contribution in [0.2, 0.25) is 0 Å². The Bertz CT molecular complexity index is 1690. The van der Waals surface area contributed by atoms with Crippen LogP contribution >= 0.6 is 0 Å². The number of anilines is 2. The van der Waals surface area contributed by atoms with E-state index in [1.54, 1.807) is 6.20 Å². The maximum absolute atomic E-state index is 13.4. The minimum atomic E-state index is -0.722. The second-order valence-corrected chi connectivity index (χ2v) is 9.76. The molecule has 1 atom stereocenters. The van der Waals surface area contributed by atoms with E-state index in [1.165, 1.54) is 0 Å². The SMILES string of the molecule is C[C@H](Nc1c(-c2nc3ccc(N4CCC(C(=O)O)CC4)cc3[nH]2)c(=O)[nH]c2ccccc12)c1ccccn1. The monoisotopic (exact) mass is 508 g/mol. The standard InChI is InChI=1S/C29H28N6O3/c1-17(21-7-4-5-13-30-21)31-26-20-6-2-3-8-22(20)34-28(36)25(26)27-32-23-10-9-19(16-24(23)33-27)35-14-11-18(12-15-35)29(37)38/h2-10,13,16-18H,11-12,14-15H2,1H3,(H,32,33)(H,37,38)(H2,31,34,36)/t17-/m0/s1. The summed E-state index contributed by atoms with van der Waals surface area (Å²) >= 11 is 0. The number of para-hydroxylation sites is 1. The van der Waals surface area contributed by atoms with E-state index in [1.807, 2.05) is 67.6 Å². The van der Waals surface area contributed by atoms with Crippen molar-refractivity contribution in [2.75, 3.05) is 23.3 Å². The van der Waals surface area contributed by atoms with Gasteiger partial charge in [0.1, 0.15) is 11.4 Å². The first-order chi connectivity index (χ1) is 18.5. The number of hydrogen-bond acceptors (Lipinski definition) is 6. The van der Waals surface area contributed by atoms with Crippen molar-refractivity contribution < 1.29 is 9.90 Å². The second kappa shape index (κ2) is 9.66. The van der Waals surface area contributed by atoms with Gasteiger partial charge in [-0.3, -0.25) is 14.6 Å². The Morgan fingerprint density at radius 3 is 2.61 bits per heavy atom. The van der Waals surface area contributed by atoms with Gasteiger partial charge in [-0.05, 0) is 56.2 Å². The number of imidazole rings is 1. The first-order valence-electron chi connectivity index (χ1n) is 12.8. The van der Waals surface area contributed by atoms with Crippen molar-refractivity contribution in [1.29, 1.82) is 0 Å². The molecule has 1 fully saturated rings. The average molecular weight is 509 g/mol. The highest BCUT2D eigenvalue weighted by atomic mass is 16.4. The van der Waals surface area contributed by atoms with E-state index in [-0.39, 0.29) is 17.5 Å². The molecule has 0 unspecified atom stereocenters. The van der Waals surface area contributed by atoms with Crippen LogP contribution in [-0.2, 0) is 4.79 Å². The predicted molar refractivity (Wildman–Crippen MR) is 149 cm³/mol. The fraction of sp³-hybridized carbons (Fsp3) is 0.241. The van der Waals surface area contributed by atoms with E-state index in [2.05, 4.69) is 25.2 Å². The second-order valence-electron chi connectivity index (χ2n) is 9.76. The summed E-state index contributed by atoms with van der Waals surface area (Å²) in [4.78, 5) is 42.6. The molecule has 38 heavy (non-hydrogen) atoms. The number of benzene rings is 2. The quantitative estimate of drug-likeness (QED) is 0.256. The van der Waals surface area contributed by atoms with Gasteiger partial charge in [-0.15, -0.1) is 0 Å². The molecule has 0 radical (unpaired) electrons. The number of aromatic amines is 2. The number of aliphatic carboxylic acids is 1. The Kier molecular flexibility index (Phi) is 6.03. The van der Waals surface area contributed by atoms with Gasteiger partial charge in [0.15, 0.2) is 0 Å². The molecular formula is C29H28N6O3. The zero-order valence-electron chi connectivity index (χ0n) is 20.9. The van der Waals surface area contributed by atoms with Gasteiger partial charge >= 0.3 is 5.97 Å². The summed E-state index contributed by atoms with van der Waals surface area (Å²) in [5.41, 5.74) is 5.06. The topological polar surface area (TPSA) is 127 Å². The van der Waals surface area contributed by atoms with E-state index < -0.39 is 5.97 Å². The number of aromatic nitrogens is 4. The highest BCUT2D eigenvalue weighted by Gasteiger charge is 2.25. The molecule has 1 aliphatic rings. The first kappa shape index (κ1) is 23.7. The normalized spacial score (nSPS) is 15.1. The lowest BCUT2D eigenvalue weighted by atomic mass is 9.97. The highest BCUT2D eigenvalue weighted by molar-refractivity contribution is 5.99. The molecule has 0 saturated carbocycles. The van der Waals surface area contributed by atoms with E-state index in [9.17, 15) is 14.7 Å². The third kappa shape index (κ3) is 4.36. The van der Waals surface area contributed by atoms with E-state index in [4.69, 9.17) is 4.98 Å². The number of piperidine rings is 1. The minimum absolute atomic E-state index is 0.148. The van der Waals surface area contributed by atoms with Gasteiger partial charge < -0.3 is 25.3 Å². The lowest BCUT2D eigenvalue weighted by molar-refractivity contribution is -0.142. The van der Waals surface area contributed by atoms with Gasteiger partial charge in [0, 0.05) is 30.4 Å². The van der Waals surface area contributed by atoms with Crippen molar-refractivity contribution in [3.63, 3.8) is 0 Å². The van der Waals surface area contributed by atoms with Gasteiger partial charge in [-0.1, -0.05) is 24.3 Å². The molecule has 9 nitrogen and oxygen atoms in total. The largest absolute Gasteiger partial charge is 0.481 e. The summed E-state index contributed by atoms with van der Waals surface area (Å²) in [6.45, 7) is 3.39. The lowest BCUT2D eigenvalue weighted by Crippen LogP contribution is -2.36. The molecule has 0 bridgehead atoms. The lowest BCUT2D eigenvalue weighted by Gasteiger charge is -2.31. The molecule has 5 aromatic rings. The van der Waals surface area contributed by atoms with E-state index in [0.717, 1.165) is 33.3 Å². The third-order valence-corrected chi connectivity index (χ3v) is 7.33. The Morgan fingerprint density at radius 1 is 1.05 bits per heavy atom. The van der Waals surface area contributed by atoms with Crippen LogP contribution in [0, 0.1) is 5.92 Å². The number of nitrogens with zero attached hydrogens (tertiary/aromatic N) is 3. The molecule has 9 heteroatoms. The maximum Gasteiger partial charge on any atom is 0.306 e. The Hall–Kier alpha value is -4.66. The van der Waals surface area contributed by atoms with Crippen LogP contribution < -0.4 is 15.8 Å². The molecule has 1 saturated heterocycles. The summed E-state index contributed by atoms with van der Waals surface area (Å²) in [5, 5.41) is 13.7. The molecule has 0 aliphatic carbocycles. The zero-order valence-corrected chi connectivity index (χ0v) is 20.9. The summed E-state index contributed by atoms with van der Waals surface area (Å²) in [6.07, 6.45) is 3.00. The minimum Gasteiger partial charge on any atom is -0.481 e. The number of fused-ring (bicyclic) bond motifs is 2. The molecule has 2 aromatic carbocycles. The molecule has 3 aromatic heterocycles. The number of nitrogens with one attached hydrogen (secondary N) is 3. The number of pyridine rings is 2. The molecule has 1 aliphatic heterocycles. The van der Waals surface area contributed by atoms with Crippen molar-refractivity contribution in [3.8, 4) is 11.4 Å². The van der Waals surface area contributed by atoms with E-state index >= 15 is 0 Å². The van der Waals surface area contributed by atoms with Crippen molar-refractivity contribution in [2.45, 2.75) is 25.8 Å². The molecular weight excluding hydrogens is 480 g/mol. The van der Waals surface area contributed by atoms with Crippen LogP contribution in [0.1, 0.15) is 31.5 Å². The van der Waals surface area contributed by atoms with Crippen LogP contribution in [0.25, 0.3) is 33.3 Å². The van der Waals surface area contributed by atoms with Crippen molar-refractivity contribution in [2.24, 2.45) is 5.92 Å². The number of rotatable bonds is 6. The number of carbonyl (C=O) groups is 1. The maximum atomic E-state index is 13.4. The Labute approximate surface area is 218 Å². The van der Waals surface area contributed by atoms with Gasteiger partial charge in [-0.25, -0.2) is 4.98 Å². The summed E-state index contributed by atoms with van der Waals surface area (Å²) < 4.78 is 0. The fourth-order valence-electron chi connectivity index (χ4n) is 5.24. The number of hydrogen-bond donors (Lipinski definition) is 4. The summed E-state index contributed by atoms with van der Waals surface area (Å²) in [5.74, 6) is -0.530. The van der Waals surface area contributed by atoms with Gasteiger partial charge in [0.2, 0.25) is 0 Å². The zero-order chi connectivity index (χ0) is 26.2. The van der Waals surface area contributed by atoms with Crippen LogP contribution in [-0.4, -0.2) is 44.1 Å². The van der Waals surface area contributed by atoms with Crippen LogP contribution in [0.15, 0.2) is 71.7 Å². The highest BCUT2D eigenvalue weighted by Crippen LogP contribution is 2.34. The third-order valence-electron chi connectivity index (χ3n) is 7.33. The van der Waals surface area contributed by atoms with Crippen LogP contribution in [0.3, 0.4) is 0 Å². The Morgan fingerprint density at radius 2 is 1.84 bits per heavy atom. The summed E-state index contributed by atoms with van der Waals surface area (Å²) in [7, 11) is 0. The molecule has 192 valence electrons. The molecule has 4 heterocycles. The smallest absolute Gasteiger partial charge is 0.306 e. The van der Waals surface area contributed by atoms with Crippen LogP contribution in [0.5, 0.6) is 0 Å².